The van der Waals surface area contributed by atoms with Gasteiger partial charge in [0.15, 0.2) is 0 Å². The molecular formula is C14H23N5OS. The van der Waals surface area contributed by atoms with E-state index in [-0.39, 0.29) is 0 Å². The highest BCUT2D eigenvalue weighted by Crippen LogP contribution is 2.19. The standard InChI is InChI=1S/C14H23N5OS/c1-9-6-19-14(16-9)21-13(17-19)15-5-10(2)18-7-11(3)20-12(4)8-18/h6,10-12H,5,7-8H2,1-4H3,(H,15,17). The molecule has 0 radical (unpaired) electrons. The van der Waals surface area contributed by atoms with Gasteiger partial charge in [-0.1, -0.05) is 11.3 Å². The van der Waals surface area contributed by atoms with Gasteiger partial charge in [0.05, 0.1) is 24.1 Å². The van der Waals surface area contributed by atoms with E-state index < -0.39 is 0 Å². The average molecular weight is 309 g/mol. The van der Waals surface area contributed by atoms with Crippen molar-refractivity contribution < 1.29 is 4.74 Å². The van der Waals surface area contributed by atoms with Crippen LogP contribution >= 0.6 is 11.3 Å². The van der Waals surface area contributed by atoms with E-state index in [9.17, 15) is 0 Å². The van der Waals surface area contributed by atoms with Crippen LogP contribution < -0.4 is 5.32 Å². The Balaban J connectivity index is 1.57. The molecule has 0 spiro atoms. The van der Waals surface area contributed by atoms with Gasteiger partial charge in [-0.15, -0.1) is 5.10 Å². The summed E-state index contributed by atoms with van der Waals surface area (Å²) >= 11 is 1.59. The smallest absolute Gasteiger partial charge is 0.214 e. The summed E-state index contributed by atoms with van der Waals surface area (Å²) in [5.74, 6) is 0. The Morgan fingerprint density at radius 2 is 2.14 bits per heavy atom. The summed E-state index contributed by atoms with van der Waals surface area (Å²) in [5.41, 5.74) is 1.00. The Bertz CT molecular complexity index is 568. The predicted octanol–water partition coefficient (Wildman–Crippen LogP) is 2.01. The number of hydrogen-bond acceptors (Lipinski definition) is 6. The van der Waals surface area contributed by atoms with Crippen molar-refractivity contribution in [3.63, 3.8) is 0 Å². The highest BCUT2D eigenvalue weighted by Gasteiger charge is 2.25. The molecule has 3 heterocycles. The van der Waals surface area contributed by atoms with Gasteiger partial charge in [-0.05, 0) is 27.7 Å². The summed E-state index contributed by atoms with van der Waals surface area (Å²) in [5, 5.41) is 8.86. The maximum atomic E-state index is 5.79. The molecule has 1 saturated heterocycles. The molecule has 3 unspecified atom stereocenters. The molecule has 0 amide bonds. The minimum Gasteiger partial charge on any atom is -0.373 e. The van der Waals surface area contributed by atoms with E-state index in [1.807, 2.05) is 17.6 Å². The third-order valence-electron chi connectivity index (χ3n) is 3.78. The van der Waals surface area contributed by atoms with Crippen LogP contribution in [0, 0.1) is 6.92 Å². The number of imidazole rings is 1. The minimum atomic E-state index is 0.308. The predicted molar refractivity (Wildman–Crippen MR) is 85.1 cm³/mol. The lowest BCUT2D eigenvalue weighted by atomic mass is 10.2. The largest absolute Gasteiger partial charge is 0.373 e. The number of nitrogens with one attached hydrogen (secondary N) is 1. The van der Waals surface area contributed by atoms with Crippen LogP contribution in [-0.2, 0) is 4.74 Å². The Kier molecular flexibility index (Phi) is 4.14. The maximum Gasteiger partial charge on any atom is 0.214 e. The van der Waals surface area contributed by atoms with Crippen LogP contribution in [0.4, 0.5) is 5.13 Å². The quantitative estimate of drug-likeness (QED) is 0.936. The van der Waals surface area contributed by atoms with Gasteiger partial charge in [0.1, 0.15) is 0 Å². The fraction of sp³-hybridized carbons (Fsp3) is 0.714. The highest BCUT2D eigenvalue weighted by molar-refractivity contribution is 7.20. The molecule has 0 aromatic carbocycles. The zero-order chi connectivity index (χ0) is 15.0. The van der Waals surface area contributed by atoms with E-state index in [1.54, 1.807) is 11.3 Å². The molecule has 2 aromatic heterocycles. The molecule has 2 aromatic rings. The van der Waals surface area contributed by atoms with Crippen LogP contribution in [0.1, 0.15) is 26.5 Å². The summed E-state index contributed by atoms with van der Waals surface area (Å²) < 4.78 is 7.63. The number of aromatic nitrogens is 3. The third-order valence-corrected chi connectivity index (χ3v) is 4.66. The molecule has 21 heavy (non-hydrogen) atoms. The van der Waals surface area contributed by atoms with Crippen LogP contribution in [0.5, 0.6) is 0 Å². The van der Waals surface area contributed by atoms with Gasteiger partial charge in [-0.25, -0.2) is 9.50 Å². The van der Waals surface area contributed by atoms with Crippen molar-refractivity contribution in [3.05, 3.63) is 11.9 Å². The topological polar surface area (TPSA) is 54.7 Å². The zero-order valence-electron chi connectivity index (χ0n) is 13.0. The molecule has 6 nitrogen and oxygen atoms in total. The van der Waals surface area contributed by atoms with Crippen molar-refractivity contribution in [3.8, 4) is 0 Å². The first-order valence-corrected chi connectivity index (χ1v) is 8.29. The Morgan fingerprint density at radius 3 is 2.81 bits per heavy atom. The summed E-state index contributed by atoms with van der Waals surface area (Å²) in [7, 11) is 0. The average Bonchev–Trinajstić information content (AvgIpc) is 2.91. The lowest BCUT2D eigenvalue weighted by molar-refractivity contribution is -0.0769. The SMILES string of the molecule is Cc1cn2nc(NCC(C)N3CC(C)OC(C)C3)sc2n1. The monoisotopic (exact) mass is 309 g/mol. The molecular weight excluding hydrogens is 286 g/mol. The molecule has 0 saturated carbocycles. The number of nitrogens with zero attached hydrogens (tertiary/aromatic N) is 4. The van der Waals surface area contributed by atoms with Crippen LogP contribution in [0.3, 0.4) is 0 Å². The molecule has 1 aliphatic rings. The second-order valence-corrected chi connectivity index (χ2v) is 6.91. The van der Waals surface area contributed by atoms with Gasteiger partial charge in [0.2, 0.25) is 10.1 Å². The number of morpholine rings is 1. The summed E-state index contributed by atoms with van der Waals surface area (Å²) in [4.78, 5) is 7.84. The number of anilines is 1. The number of rotatable bonds is 4. The van der Waals surface area contributed by atoms with Gasteiger partial charge in [-0.2, -0.15) is 0 Å². The molecule has 1 N–H and O–H groups in total. The van der Waals surface area contributed by atoms with E-state index in [0.717, 1.165) is 35.4 Å². The number of fused-ring (bicyclic) bond motifs is 1. The molecule has 3 rings (SSSR count). The fourth-order valence-corrected chi connectivity index (χ4v) is 3.66. The molecule has 7 heteroatoms. The van der Waals surface area contributed by atoms with E-state index in [1.165, 1.54) is 0 Å². The number of ether oxygens (including phenoxy) is 1. The van der Waals surface area contributed by atoms with Crippen molar-refractivity contribution >= 4 is 21.4 Å². The summed E-state index contributed by atoms with van der Waals surface area (Å²) in [6, 6.07) is 0.455. The summed E-state index contributed by atoms with van der Waals surface area (Å²) in [6.45, 7) is 11.4. The van der Waals surface area contributed by atoms with Gasteiger partial charge in [-0.3, -0.25) is 4.90 Å². The molecule has 0 bridgehead atoms. The van der Waals surface area contributed by atoms with E-state index in [0.29, 0.717) is 18.2 Å². The minimum absolute atomic E-state index is 0.308. The number of hydrogen-bond donors (Lipinski definition) is 1. The fourth-order valence-electron chi connectivity index (χ4n) is 2.82. The Morgan fingerprint density at radius 1 is 1.43 bits per heavy atom. The lowest BCUT2D eigenvalue weighted by Gasteiger charge is -2.38. The van der Waals surface area contributed by atoms with Gasteiger partial charge in [0, 0.05) is 25.7 Å². The van der Waals surface area contributed by atoms with Crippen molar-refractivity contribution in [2.75, 3.05) is 25.0 Å². The van der Waals surface area contributed by atoms with Gasteiger partial charge < -0.3 is 10.1 Å². The Hall–Kier alpha value is -1.18. The second-order valence-electron chi connectivity index (χ2n) is 5.96. The van der Waals surface area contributed by atoms with Crippen LogP contribution in [0.25, 0.3) is 4.96 Å². The molecule has 0 aliphatic carbocycles. The Labute approximate surface area is 129 Å². The maximum absolute atomic E-state index is 5.79. The van der Waals surface area contributed by atoms with Crippen LogP contribution in [0.2, 0.25) is 0 Å². The van der Waals surface area contributed by atoms with Crippen molar-refractivity contribution in [1.82, 2.24) is 19.5 Å². The lowest BCUT2D eigenvalue weighted by Crippen LogP contribution is -2.50. The van der Waals surface area contributed by atoms with Crippen molar-refractivity contribution in [2.45, 2.75) is 45.9 Å². The normalized spacial score (nSPS) is 25.3. The van der Waals surface area contributed by atoms with E-state index in [4.69, 9.17) is 4.74 Å². The molecule has 1 fully saturated rings. The van der Waals surface area contributed by atoms with Crippen LogP contribution in [-0.4, -0.2) is 57.4 Å². The van der Waals surface area contributed by atoms with Gasteiger partial charge in [0.25, 0.3) is 0 Å². The molecule has 1 aliphatic heterocycles. The number of aryl methyl sites for hydroxylation is 1. The first-order chi connectivity index (χ1) is 10.0. The second kappa shape index (κ2) is 5.90. The third kappa shape index (κ3) is 3.36. The highest BCUT2D eigenvalue weighted by atomic mass is 32.1. The molecule has 116 valence electrons. The first-order valence-electron chi connectivity index (χ1n) is 7.47. The zero-order valence-corrected chi connectivity index (χ0v) is 13.9. The summed E-state index contributed by atoms with van der Waals surface area (Å²) in [6.07, 6.45) is 2.57. The van der Waals surface area contributed by atoms with Crippen molar-refractivity contribution in [2.24, 2.45) is 0 Å². The first kappa shape index (κ1) is 14.7. The van der Waals surface area contributed by atoms with Gasteiger partial charge >= 0.3 is 0 Å². The van der Waals surface area contributed by atoms with E-state index >= 15 is 0 Å². The van der Waals surface area contributed by atoms with Crippen molar-refractivity contribution in [1.29, 1.82) is 0 Å². The van der Waals surface area contributed by atoms with E-state index in [2.05, 4.69) is 41.1 Å². The molecule has 3 atom stereocenters. The van der Waals surface area contributed by atoms with Crippen LogP contribution in [0.15, 0.2) is 6.20 Å².